The number of carbonyl (C=O) groups excluding carboxylic acids is 2. The summed E-state index contributed by atoms with van der Waals surface area (Å²) >= 11 is 1.82. The number of ketones is 2. The molecule has 0 amide bonds. The zero-order valence-corrected chi connectivity index (χ0v) is 91.1. The number of aryl methyl sites for hydroxylation is 4. The van der Waals surface area contributed by atoms with E-state index in [2.05, 4.69) is 317 Å². The van der Waals surface area contributed by atoms with Crippen molar-refractivity contribution in [3.63, 3.8) is 0 Å². The van der Waals surface area contributed by atoms with Crippen molar-refractivity contribution in [2.24, 2.45) is 0 Å². The van der Waals surface area contributed by atoms with E-state index in [4.69, 9.17) is 0 Å². The van der Waals surface area contributed by atoms with Gasteiger partial charge < -0.3 is 10.2 Å². The number of Topliss-reactive ketones (excluding diaryl/α,β-unsaturated/α-hetero) is 2. The summed E-state index contributed by atoms with van der Waals surface area (Å²) in [7, 11) is -1.97. The van der Waals surface area contributed by atoms with Crippen LogP contribution >= 0.6 is 22.2 Å². The average molecular weight is 2090 g/mol. The Bertz CT molecular complexity index is 6870. The summed E-state index contributed by atoms with van der Waals surface area (Å²) in [5, 5.41) is 24.4. The van der Waals surface area contributed by atoms with Gasteiger partial charge in [-0.05, 0) is 354 Å². The van der Waals surface area contributed by atoms with Gasteiger partial charge in [-0.25, -0.2) is 8.42 Å². The molecular formula is C128H130O6S10+8. The van der Waals surface area contributed by atoms with Gasteiger partial charge in [0.05, 0.1) is 37.6 Å². The van der Waals surface area contributed by atoms with Gasteiger partial charge in [0.2, 0.25) is 11.6 Å². The van der Waals surface area contributed by atoms with Gasteiger partial charge >= 0.3 is 0 Å². The van der Waals surface area contributed by atoms with Crippen molar-refractivity contribution in [2.45, 2.75) is 167 Å². The van der Waals surface area contributed by atoms with Crippen molar-refractivity contribution in [3.8, 4) is 16.4 Å². The third-order valence-corrected chi connectivity index (χ3v) is 46.8. The fraction of sp³-hybridized carbons (Fsp3) is 0.203. The summed E-state index contributed by atoms with van der Waals surface area (Å²) in [4.78, 5) is 43.0. The predicted octanol–water partition coefficient (Wildman–Crippen LogP) is 32.4. The molecule has 4 aliphatic rings. The zero-order chi connectivity index (χ0) is 99.8. The minimum atomic E-state index is -3.17. The first-order chi connectivity index (χ1) is 70.4. The van der Waals surface area contributed by atoms with E-state index in [9.17, 15) is 28.2 Å². The van der Waals surface area contributed by atoms with Crippen LogP contribution in [0.1, 0.15) is 114 Å². The molecule has 2 N–H and O–H groups in total. The Labute approximate surface area is 881 Å². The molecule has 4 aliphatic heterocycles. The first kappa shape index (κ1) is 106. The van der Waals surface area contributed by atoms with Gasteiger partial charge in [-0.3, -0.25) is 9.59 Å². The molecule has 4 saturated heterocycles. The van der Waals surface area contributed by atoms with E-state index in [1.807, 2.05) is 141 Å². The van der Waals surface area contributed by atoms with Crippen LogP contribution in [0.3, 0.4) is 0 Å². The summed E-state index contributed by atoms with van der Waals surface area (Å²) in [6.07, 6.45) is 16.2. The van der Waals surface area contributed by atoms with Crippen molar-refractivity contribution in [1.29, 1.82) is 0 Å². The lowest BCUT2D eigenvalue weighted by Crippen LogP contribution is -2.25. The second-order valence-corrected chi connectivity index (χ2v) is 56.7. The molecule has 17 aromatic carbocycles. The van der Waals surface area contributed by atoms with E-state index in [1.54, 1.807) is 12.1 Å². The van der Waals surface area contributed by atoms with Gasteiger partial charge in [-0.2, -0.15) is 0 Å². The summed E-state index contributed by atoms with van der Waals surface area (Å²) in [5.74, 6) is 13.6. The van der Waals surface area contributed by atoms with Gasteiger partial charge in [-0.15, -0.1) is 0 Å². The SMILES string of the molecule is CS(=O)(=O)c1ccc([S+](c2ccccc2)c2ccccc2)cc1.Cc1cc(O)cc(C)c1[S+]1CCCCC1.Cc1cc([S+]2CCCCC2)cc(C)c1O.O=C(C[S+]1CCCC1)c1ccc2ccccc2c1.O=C(C[S+]1CCCCC1)c1ccccc1.c1ccc(-[s+]2c3ccccc3c3ccccc32)cc1.c1ccc([S+](c2ccccc2)c2ccc(Sc3ccc([S+](c4ccccc4)c4ccccc4)cc3)cc2)cc1. The van der Waals surface area contributed by atoms with E-state index < -0.39 is 9.84 Å². The minimum Gasteiger partial charge on any atom is -0.508 e. The molecule has 1 aromatic heterocycles. The lowest BCUT2D eigenvalue weighted by molar-refractivity contribution is 0.101. The standard InChI is InChI=1S/C36H28S3.C19H17O2S2.C18H13S.C16H17OS.2C13H18OS.C13H17OS/c1-5-13-31(14-6-1)38(32-15-7-2-8-16-32)35-25-21-29(22-26-35)37-30-23-27-36(28-24-30)39(33-17-9-3-10-18-33)34-19-11-4-12-20-34;1-23(20,21)19-14-12-18(13-15-19)22(16-8-4-2-5-9-16)17-10-6-3-7-11-17;1-2-8-14(9-3-1)19-17-12-6-4-10-15(17)16-11-5-7-13-18(16)19;17-16(12-18-9-3-4-10-18)15-8-7-13-5-1-2-6-14(13)11-15;1-10-8-12(9-11(2)13(10)14)15-6-4-3-5-7-15;1-10-8-12(14)9-11(2)13(10)15-6-4-3-5-7-15;14-13(12-7-3-1-4-8-12)11-15-9-5-2-6-10-15/h1-28H;2-15H,1H3;1-13H;1-2,5-8,11H,3-4,9-10,12H2;2*8-9H,3-7H2,1-2H3;1,3-4,7-8H,2,5-6,9-11H2/q+2;3*+1;;;+1/p+2. The Morgan fingerprint density at radius 2 is 0.604 bits per heavy atom. The Morgan fingerprint density at radius 1 is 0.292 bits per heavy atom. The molecule has 144 heavy (non-hydrogen) atoms. The molecule has 0 atom stereocenters. The highest BCUT2D eigenvalue weighted by Gasteiger charge is 2.36. The van der Waals surface area contributed by atoms with Crippen molar-refractivity contribution in [1.82, 2.24) is 0 Å². The molecule has 18 aromatic rings. The Kier molecular flexibility index (Phi) is 39.5. The predicted molar refractivity (Wildman–Crippen MR) is 627 cm³/mol. The number of fused-ring (bicyclic) bond motifs is 4. The normalized spacial score (nSPS) is 13.9. The third-order valence-electron chi connectivity index (χ3n) is 25.6. The van der Waals surface area contributed by atoms with Crippen LogP contribution in [0.4, 0.5) is 0 Å². The van der Waals surface area contributed by atoms with Crippen LogP contribution < -0.4 is 0 Å². The Morgan fingerprint density at radius 3 is 0.993 bits per heavy atom. The van der Waals surface area contributed by atoms with Crippen molar-refractivity contribution >= 4 is 151 Å². The smallest absolute Gasteiger partial charge is 0.211 e. The van der Waals surface area contributed by atoms with E-state index in [0.29, 0.717) is 71.5 Å². The fourth-order valence-electron chi connectivity index (χ4n) is 18.5. The van der Waals surface area contributed by atoms with E-state index in [0.717, 1.165) is 44.0 Å². The lowest BCUT2D eigenvalue weighted by Gasteiger charge is -2.16. The summed E-state index contributed by atoms with van der Waals surface area (Å²) in [5.41, 5.74) is 6.38. The van der Waals surface area contributed by atoms with E-state index in [1.165, 1.54) is 223 Å². The molecule has 0 aliphatic carbocycles. The van der Waals surface area contributed by atoms with Crippen LogP contribution in [0, 0.1) is 27.7 Å². The number of benzene rings is 17. The van der Waals surface area contributed by atoms with Crippen LogP contribution in [0.25, 0.3) is 35.8 Å². The number of sulfone groups is 1. The van der Waals surface area contributed by atoms with Crippen LogP contribution in [-0.2, 0) is 86.1 Å². The van der Waals surface area contributed by atoms with E-state index >= 15 is 0 Å². The Hall–Kier alpha value is -11.1. The van der Waals surface area contributed by atoms with Crippen LogP contribution in [-0.4, -0.2) is 94.0 Å². The van der Waals surface area contributed by atoms with Crippen LogP contribution in [0.5, 0.6) is 11.5 Å². The van der Waals surface area contributed by atoms with Crippen molar-refractivity contribution in [2.75, 3.05) is 63.8 Å². The molecule has 730 valence electrons. The first-order valence-corrected chi connectivity index (χ1v) is 64.1. The maximum absolute atomic E-state index is 12.3. The molecule has 22 rings (SSSR count). The number of carbonyl (C=O) groups is 2. The molecule has 0 spiro atoms. The minimum absolute atomic E-state index is 0.0594. The number of phenols is 2. The monoisotopic (exact) mass is 2080 g/mol. The topological polar surface area (TPSA) is 109 Å². The second-order valence-electron chi connectivity index (χ2n) is 36.3. The number of thiophene rings is 1. The highest BCUT2D eigenvalue weighted by Crippen LogP contribution is 2.49. The maximum Gasteiger partial charge on any atom is 0.211 e. The van der Waals surface area contributed by atoms with Gasteiger partial charge in [0.15, 0.2) is 89.5 Å². The Balaban J connectivity index is 0.000000125. The molecule has 6 nitrogen and oxygen atoms in total. The zero-order valence-electron chi connectivity index (χ0n) is 83.0. The average Bonchev–Trinajstić information content (AvgIpc) is 1.60. The molecule has 0 radical (unpaired) electrons. The van der Waals surface area contributed by atoms with Crippen LogP contribution in [0.2, 0.25) is 0 Å². The highest BCUT2D eigenvalue weighted by atomic mass is 32.2. The first-order valence-electron chi connectivity index (χ1n) is 49.9. The van der Waals surface area contributed by atoms with Crippen LogP contribution in [0.15, 0.2) is 499 Å². The van der Waals surface area contributed by atoms with Crippen molar-refractivity contribution in [3.05, 3.63) is 464 Å². The number of phenolic OH excluding ortho intramolecular Hbond substituents is 2. The highest BCUT2D eigenvalue weighted by molar-refractivity contribution is 8.00. The van der Waals surface area contributed by atoms with Gasteiger partial charge in [0.1, 0.15) is 57.5 Å². The largest absolute Gasteiger partial charge is 0.508 e. The number of hydrogen-bond donors (Lipinski definition) is 2. The van der Waals surface area contributed by atoms with Gasteiger partial charge in [-0.1, -0.05) is 230 Å². The molecule has 16 heteroatoms. The molecular weight excluding hydrogens is 1950 g/mol. The van der Waals surface area contributed by atoms with Crippen molar-refractivity contribution < 1.29 is 28.2 Å². The molecule has 5 heterocycles. The number of rotatable bonds is 21. The summed E-state index contributed by atoms with van der Waals surface area (Å²) in [6, 6.07) is 150. The number of aromatic hydroxyl groups is 2. The van der Waals surface area contributed by atoms with Gasteiger partial charge in [0, 0.05) is 81.3 Å². The number of hydrogen-bond acceptors (Lipinski definition) is 7. The second kappa shape index (κ2) is 53.8. The molecule has 0 saturated carbocycles. The quantitative estimate of drug-likeness (QED) is 0.0545. The summed E-state index contributed by atoms with van der Waals surface area (Å²) in [6.45, 7) is 8.26. The lowest BCUT2D eigenvalue weighted by atomic mass is 10.1. The van der Waals surface area contributed by atoms with Gasteiger partial charge in [0.25, 0.3) is 0 Å². The molecule has 4 fully saturated rings. The fourth-order valence-corrected chi connectivity index (χ4v) is 38.3. The molecule has 0 bridgehead atoms. The maximum atomic E-state index is 12.3. The third kappa shape index (κ3) is 29.4. The van der Waals surface area contributed by atoms with E-state index in [-0.39, 0.29) is 43.2 Å². The molecule has 0 unspecified atom stereocenters. The summed E-state index contributed by atoms with van der Waals surface area (Å²) < 4.78 is 26.2.